The lowest BCUT2D eigenvalue weighted by Crippen LogP contribution is -2.47. The van der Waals surface area contributed by atoms with Crippen molar-refractivity contribution in [3.63, 3.8) is 0 Å². The predicted octanol–water partition coefficient (Wildman–Crippen LogP) is 4.06. The van der Waals surface area contributed by atoms with Crippen LogP contribution < -0.4 is 0 Å². The Morgan fingerprint density at radius 1 is 1.10 bits per heavy atom. The van der Waals surface area contributed by atoms with Gasteiger partial charge in [-0.25, -0.2) is 0 Å². The fourth-order valence-electron chi connectivity index (χ4n) is 4.31. The number of rotatable bonds is 5. The minimum Gasteiger partial charge on any atom is -0.481 e. The van der Waals surface area contributed by atoms with Crippen molar-refractivity contribution >= 4 is 5.97 Å². The summed E-state index contributed by atoms with van der Waals surface area (Å²) in [5.74, 6) is 0.298. The minimum atomic E-state index is -0.626. The van der Waals surface area contributed by atoms with E-state index in [1.54, 1.807) is 0 Å². The van der Waals surface area contributed by atoms with Crippen molar-refractivity contribution in [1.82, 2.24) is 4.90 Å². The predicted molar refractivity (Wildman–Crippen MR) is 81.9 cm³/mol. The Balaban J connectivity index is 1.92. The van der Waals surface area contributed by atoms with Gasteiger partial charge in [-0.15, -0.1) is 0 Å². The molecule has 0 aromatic rings. The van der Waals surface area contributed by atoms with Crippen LogP contribution in [0.25, 0.3) is 0 Å². The summed E-state index contributed by atoms with van der Waals surface area (Å²) in [5.41, 5.74) is 0. The molecule has 3 unspecified atom stereocenters. The van der Waals surface area contributed by atoms with Crippen LogP contribution >= 0.6 is 0 Å². The van der Waals surface area contributed by atoms with Gasteiger partial charge in [0.1, 0.15) is 0 Å². The summed E-state index contributed by atoms with van der Waals surface area (Å²) < 4.78 is 0. The van der Waals surface area contributed by atoms with E-state index in [2.05, 4.69) is 11.8 Å². The Morgan fingerprint density at radius 2 is 1.95 bits per heavy atom. The van der Waals surface area contributed by atoms with E-state index in [-0.39, 0.29) is 0 Å². The summed E-state index contributed by atoms with van der Waals surface area (Å²) in [6.07, 6.45) is 13.2. The first kappa shape index (κ1) is 15.8. The molecular formula is C17H31NO2. The average molecular weight is 281 g/mol. The molecule has 20 heavy (non-hydrogen) atoms. The molecule has 1 saturated heterocycles. The number of piperidine rings is 1. The SMILES string of the molecule is CCCC1CCCC(N2CCCCC2CC(=O)O)CC1. The highest BCUT2D eigenvalue weighted by atomic mass is 16.4. The number of carbonyl (C=O) groups is 1. The number of carboxylic acids is 1. The van der Waals surface area contributed by atoms with E-state index in [1.807, 2.05) is 0 Å². The van der Waals surface area contributed by atoms with Gasteiger partial charge < -0.3 is 5.11 Å². The van der Waals surface area contributed by atoms with Crippen molar-refractivity contribution in [3.05, 3.63) is 0 Å². The van der Waals surface area contributed by atoms with E-state index in [0.717, 1.165) is 18.9 Å². The molecule has 1 aliphatic carbocycles. The lowest BCUT2D eigenvalue weighted by Gasteiger charge is -2.40. The number of likely N-dealkylation sites (tertiary alicyclic amines) is 1. The van der Waals surface area contributed by atoms with Gasteiger partial charge in [-0.2, -0.15) is 0 Å². The fourth-order valence-corrected chi connectivity index (χ4v) is 4.31. The molecule has 0 radical (unpaired) electrons. The van der Waals surface area contributed by atoms with Crippen molar-refractivity contribution in [2.75, 3.05) is 6.54 Å². The zero-order valence-corrected chi connectivity index (χ0v) is 13.0. The standard InChI is InChI=1S/C17H31NO2/c1-2-6-14-7-5-9-15(11-10-14)18-12-4-3-8-16(18)13-17(19)20/h14-16H,2-13H2,1H3,(H,19,20). The second kappa shape index (κ2) is 8.02. The summed E-state index contributed by atoms with van der Waals surface area (Å²) in [6.45, 7) is 3.41. The highest BCUT2D eigenvalue weighted by Crippen LogP contribution is 2.32. The zero-order valence-electron chi connectivity index (χ0n) is 13.0. The van der Waals surface area contributed by atoms with Crippen LogP contribution in [-0.2, 0) is 4.79 Å². The maximum atomic E-state index is 11.1. The molecule has 2 aliphatic rings. The van der Waals surface area contributed by atoms with Crippen molar-refractivity contribution in [2.45, 2.75) is 89.6 Å². The van der Waals surface area contributed by atoms with Gasteiger partial charge in [-0.05, 0) is 44.6 Å². The van der Waals surface area contributed by atoms with E-state index < -0.39 is 5.97 Å². The molecule has 0 aromatic carbocycles. The van der Waals surface area contributed by atoms with Crippen LogP contribution in [0.5, 0.6) is 0 Å². The van der Waals surface area contributed by atoms with Gasteiger partial charge >= 0.3 is 5.97 Å². The number of hydrogen-bond donors (Lipinski definition) is 1. The summed E-state index contributed by atoms with van der Waals surface area (Å²) >= 11 is 0. The van der Waals surface area contributed by atoms with Gasteiger partial charge in [-0.3, -0.25) is 9.69 Å². The van der Waals surface area contributed by atoms with Crippen molar-refractivity contribution in [2.24, 2.45) is 5.92 Å². The molecule has 0 aromatic heterocycles. The Hall–Kier alpha value is -0.570. The first-order chi connectivity index (χ1) is 9.70. The van der Waals surface area contributed by atoms with E-state index in [4.69, 9.17) is 5.11 Å². The average Bonchev–Trinajstić information content (AvgIpc) is 2.65. The van der Waals surface area contributed by atoms with Crippen molar-refractivity contribution < 1.29 is 9.90 Å². The Bertz CT molecular complexity index is 305. The molecule has 1 heterocycles. The quantitative estimate of drug-likeness (QED) is 0.772. The first-order valence-electron chi connectivity index (χ1n) is 8.68. The summed E-state index contributed by atoms with van der Waals surface area (Å²) in [6, 6.07) is 0.954. The Morgan fingerprint density at radius 3 is 2.70 bits per heavy atom. The third kappa shape index (κ3) is 4.47. The molecule has 3 nitrogen and oxygen atoms in total. The van der Waals surface area contributed by atoms with E-state index >= 15 is 0 Å². The fraction of sp³-hybridized carbons (Fsp3) is 0.941. The molecule has 2 fully saturated rings. The second-order valence-electron chi connectivity index (χ2n) is 6.80. The number of carboxylic acid groups (broad SMARTS) is 1. The monoisotopic (exact) mass is 281 g/mol. The van der Waals surface area contributed by atoms with E-state index in [9.17, 15) is 4.79 Å². The lowest BCUT2D eigenvalue weighted by molar-refractivity contribution is -0.139. The van der Waals surface area contributed by atoms with Crippen LogP contribution in [0.15, 0.2) is 0 Å². The van der Waals surface area contributed by atoms with Crippen LogP contribution in [0.2, 0.25) is 0 Å². The van der Waals surface area contributed by atoms with Crippen LogP contribution in [0.1, 0.15) is 77.6 Å². The maximum absolute atomic E-state index is 11.1. The molecule has 3 atom stereocenters. The normalized spacial score (nSPS) is 32.8. The molecule has 0 amide bonds. The van der Waals surface area contributed by atoms with Gasteiger partial charge in [0.15, 0.2) is 0 Å². The molecule has 1 aliphatic heterocycles. The third-order valence-electron chi connectivity index (χ3n) is 5.31. The number of aliphatic carboxylic acids is 1. The van der Waals surface area contributed by atoms with Gasteiger partial charge in [-0.1, -0.05) is 39.0 Å². The molecule has 3 heteroatoms. The van der Waals surface area contributed by atoms with Gasteiger partial charge in [0.05, 0.1) is 6.42 Å². The van der Waals surface area contributed by atoms with Crippen molar-refractivity contribution in [1.29, 1.82) is 0 Å². The van der Waals surface area contributed by atoms with Crippen LogP contribution in [0.4, 0.5) is 0 Å². The van der Waals surface area contributed by atoms with Gasteiger partial charge in [0, 0.05) is 12.1 Å². The van der Waals surface area contributed by atoms with Crippen LogP contribution in [0, 0.1) is 5.92 Å². The number of nitrogens with zero attached hydrogens (tertiary/aromatic N) is 1. The molecule has 1 saturated carbocycles. The van der Waals surface area contributed by atoms with Crippen LogP contribution in [0.3, 0.4) is 0 Å². The lowest BCUT2D eigenvalue weighted by atomic mass is 9.93. The Kier molecular flexibility index (Phi) is 6.34. The van der Waals surface area contributed by atoms with E-state index in [0.29, 0.717) is 18.5 Å². The summed E-state index contributed by atoms with van der Waals surface area (Å²) in [5, 5.41) is 9.12. The topological polar surface area (TPSA) is 40.5 Å². The number of hydrogen-bond acceptors (Lipinski definition) is 2. The maximum Gasteiger partial charge on any atom is 0.304 e. The van der Waals surface area contributed by atoms with Crippen LogP contribution in [-0.4, -0.2) is 34.6 Å². The highest BCUT2D eigenvalue weighted by Gasteiger charge is 2.31. The largest absolute Gasteiger partial charge is 0.481 e. The Labute approximate surface area is 123 Å². The van der Waals surface area contributed by atoms with Crippen molar-refractivity contribution in [3.8, 4) is 0 Å². The molecule has 1 N–H and O–H groups in total. The minimum absolute atomic E-state index is 0.300. The molecule has 0 bridgehead atoms. The second-order valence-corrected chi connectivity index (χ2v) is 6.80. The van der Waals surface area contributed by atoms with Gasteiger partial charge in [0.2, 0.25) is 0 Å². The molecular weight excluding hydrogens is 250 g/mol. The molecule has 0 spiro atoms. The van der Waals surface area contributed by atoms with Gasteiger partial charge in [0.25, 0.3) is 0 Å². The summed E-state index contributed by atoms with van der Waals surface area (Å²) in [7, 11) is 0. The zero-order chi connectivity index (χ0) is 14.4. The molecule has 2 rings (SSSR count). The smallest absolute Gasteiger partial charge is 0.304 e. The first-order valence-corrected chi connectivity index (χ1v) is 8.68. The highest BCUT2D eigenvalue weighted by molar-refractivity contribution is 5.67. The van der Waals surface area contributed by atoms with E-state index in [1.165, 1.54) is 57.8 Å². The molecule has 116 valence electrons. The summed E-state index contributed by atoms with van der Waals surface area (Å²) in [4.78, 5) is 13.6. The third-order valence-corrected chi connectivity index (χ3v) is 5.31.